The van der Waals surface area contributed by atoms with Gasteiger partial charge in [0, 0.05) is 28.8 Å². The summed E-state index contributed by atoms with van der Waals surface area (Å²) in [4.78, 5) is 0. The summed E-state index contributed by atoms with van der Waals surface area (Å²) >= 11 is 0. The predicted octanol–water partition coefficient (Wildman–Crippen LogP) is 6.55. The first-order valence-electron chi connectivity index (χ1n) is 8.89. The molecule has 26 heavy (non-hydrogen) atoms. The maximum atomic E-state index is 2.19. The molecule has 0 amide bonds. The zero-order valence-corrected chi connectivity index (χ0v) is 14.5. The largest absolute Gasteiger partial charge is 0.0952 e. The maximum Gasteiger partial charge on any atom is 0.0952 e. The Kier molecular flexibility index (Phi) is 4.84. The third kappa shape index (κ3) is 3.41. The quantitative estimate of drug-likeness (QED) is 0.375. The van der Waals surface area contributed by atoms with Crippen molar-refractivity contribution in [1.29, 1.82) is 0 Å². The Hall–Kier alpha value is -3.25. The minimum absolute atomic E-state index is 1.22. The van der Waals surface area contributed by atoms with Crippen LogP contribution in [0.4, 0.5) is 0 Å². The second-order valence-corrected chi connectivity index (χ2v) is 6.21. The van der Waals surface area contributed by atoms with Gasteiger partial charge in [-0.1, -0.05) is 54.6 Å². The van der Waals surface area contributed by atoms with Crippen LogP contribution in [0.15, 0.2) is 115 Å². The van der Waals surface area contributed by atoms with E-state index in [4.69, 9.17) is 0 Å². The van der Waals surface area contributed by atoms with Gasteiger partial charge in [-0.3, -0.25) is 0 Å². The molecule has 3 aromatic carbocycles. The van der Waals surface area contributed by atoms with E-state index >= 15 is 0 Å². The predicted molar refractivity (Wildman–Crippen MR) is 111 cm³/mol. The van der Waals surface area contributed by atoms with Gasteiger partial charge >= 0.3 is 0 Å². The summed E-state index contributed by atoms with van der Waals surface area (Å²) in [5.41, 5.74) is 6.18. The first kappa shape index (κ1) is 16.2. The molecule has 0 fully saturated rings. The highest BCUT2D eigenvalue weighted by Gasteiger charge is 2.26. The molecular weight excluding hydrogens is 312 g/mol. The van der Waals surface area contributed by atoms with Crippen LogP contribution in [0.5, 0.6) is 0 Å². The van der Waals surface area contributed by atoms with E-state index in [1.807, 2.05) is 0 Å². The van der Waals surface area contributed by atoms with Gasteiger partial charge in [-0.25, -0.2) is 0 Å². The fraction of sp³-hybridized carbons (Fsp3) is 0. The van der Waals surface area contributed by atoms with Crippen LogP contribution < -0.4 is 0 Å². The van der Waals surface area contributed by atoms with Crippen LogP contribution in [0.1, 0.15) is 16.7 Å². The lowest BCUT2D eigenvalue weighted by Crippen LogP contribution is -2.03. The third-order valence-corrected chi connectivity index (χ3v) is 4.50. The van der Waals surface area contributed by atoms with Crippen molar-refractivity contribution in [3.63, 3.8) is 0 Å². The molecule has 0 aromatic heterocycles. The van der Waals surface area contributed by atoms with E-state index in [1.165, 1.54) is 33.8 Å². The normalized spacial score (nSPS) is 12.8. The Morgan fingerprint density at radius 3 is 1.38 bits per heavy atom. The van der Waals surface area contributed by atoms with Gasteiger partial charge in [0.1, 0.15) is 0 Å². The lowest BCUT2D eigenvalue weighted by molar-refractivity contribution is 1.40. The number of hydrogen-bond donors (Lipinski definition) is 0. The van der Waals surface area contributed by atoms with Crippen LogP contribution in [0.2, 0.25) is 0 Å². The molecule has 123 valence electrons. The highest BCUT2D eigenvalue weighted by Crippen LogP contribution is 2.39. The monoisotopic (exact) mass is 332 g/mol. The number of rotatable bonds is 4. The number of hydrogen-bond acceptors (Lipinski definition) is 0. The first-order valence-corrected chi connectivity index (χ1v) is 8.89. The Balaban J connectivity index is 2.03. The van der Waals surface area contributed by atoms with E-state index in [1.54, 1.807) is 0 Å². The molecular formula is C26H20+. The fourth-order valence-electron chi connectivity index (χ4n) is 3.33. The molecule has 1 aliphatic carbocycles. The molecule has 3 aromatic rings. The van der Waals surface area contributed by atoms with Crippen molar-refractivity contribution >= 4 is 11.1 Å². The summed E-state index contributed by atoms with van der Waals surface area (Å²) in [6.45, 7) is 0. The van der Waals surface area contributed by atoms with Crippen LogP contribution in [0.25, 0.3) is 11.1 Å². The minimum Gasteiger partial charge on any atom is -0.0622 e. The molecule has 0 saturated heterocycles. The highest BCUT2D eigenvalue weighted by molar-refractivity contribution is 6.05. The summed E-state index contributed by atoms with van der Waals surface area (Å²) in [6, 6.07) is 31.9. The van der Waals surface area contributed by atoms with Crippen molar-refractivity contribution in [2.75, 3.05) is 0 Å². The van der Waals surface area contributed by atoms with E-state index in [9.17, 15) is 0 Å². The molecule has 0 nitrogen and oxygen atoms in total. The summed E-state index contributed by atoms with van der Waals surface area (Å²) in [5, 5.41) is 0. The second-order valence-electron chi connectivity index (χ2n) is 6.21. The smallest absolute Gasteiger partial charge is 0.0622 e. The molecule has 1 aliphatic rings. The molecule has 0 atom stereocenters. The summed E-state index contributed by atoms with van der Waals surface area (Å²) < 4.78 is 0. The third-order valence-electron chi connectivity index (χ3n) is 4.50. The SMILES string of the molecule is [CH]1C=C[C+](C(=C(c2ccccc2)c2ccccc2)c2ccccc2)C=C1. The topological polar surface area (TPSA) is 0 Å². The lowest BCUT2D eigenvalue weighted by atomic mass is 9.81. The van der Waals surface area contributed by atoms with E-state index in [0.717, 1.165) is 0 Å². The molecule has 0 aliphatic heterocycles. The van der Waals surface area contributed by atoms with Gasteiger partial charge in [-0.15, -0.1) is 0 Å². The Labute approximate surface area is 155 Å². The fourth-order valence-corrected chi connectivity index (χ4v) is 3.33. The molecule has 0 heteroatoms. The van der Waals surface area contributed by atoms with Gasteiger partial charge in [0.05, 0.1) is 23.5 Å². The van der Waals surface area contributed by atoms with Crippen molar-refractivity contribution in [2.45, 2.75) is 0 Å². The van der Waals surface area contributed by atoms with E-state index in [0.29, 0.717) is 0 Å². The summed E-state index contributed by atoms with van der Waals surface area (Å²) in [5.74, 6) is 1.22. The highest BCUT2D eigenvalue weighted by atomic mass is 14.2. The lowest BCUT2D eigenvalue weighted by Gasteiger charge is -2.16. The van der Waals surface area contributed by atoms with Gasteiger partial charge in [-0.2, -0.15) is 0 Å². The molecule has 0 spiro atoms. The van der Waals surface area contributed by atoms with Gasteiger partial charge < -0.3 is 0 Å². The van der Waals surface area contributed by atoms with Gasteiger partial charge in [0.2, 0.25) is 0 Å². The van der Waals surface area contributed by atoms with Gasteiger partial charge in [0.25, 0.3) is 0 Å². The molecule has 4 rings (SSSR count). The number of benzene rings is 3. The van der Waals surface area contributed by atoms with Crippen LogP contribution >= 0.6 is 0 Å². The van der Waals surface area contributed by atoms with E-state index < -0.39 is 0 Å². The zero-order chi connectivity index (χ0) is 17.6. The van der Waals surface area contributed by atoms with Crippen molar-refractivity contribution < 1.29 is 0 Å². The Bertz CT molecular complexity index is 876. The van der Waals surface area contributed by atoms with Crippen molar-refractivity contribution in [3.8, 4) is 0 Å². The van der Waals surface area contributed by atoms with E-state index in [2.05, 4.69) is 122 Å². The summed E-state index contributed by atoms with van der Waals surface area (Å²) in [7, 11) is 0. The van der Waals surface area contributed by atoms with Crippen molar-refractivity contribution in [2.24, 2.45) is 0 Å². The molecule has 0 saturated carbocycles. The average molecular weight is 332 g/mol. The average Bonchev–Trinajstić information content (AvgIpc) is 2.74. The van der Waals surface area contributed by atoms with Crippen LogP contribution in [0, 0.1) is 12.3 Å². The molecule has 0 heterocycles. The maximum absolute atomic E-state index is 2.19. The van der Waals surface area contributed by atoms with E-state index in [-0.39, 0.29) is 0 Å². The minimum atomic E-state index is 1.22. The second kappa shape index (κ2) is 7.76. The number of allylic oxidation sites excluding steroid dienone is 5. The molecule has 1 radical (unpaired) electrons. The van der Waals surface area contributed by atoms with Gasteiger partial charge in [0.15, 0.2) is 0 Å². The van der Waals surface area contributed by atoms with Gasteiger partial charge in [-0.05, 0) is 48.6 Å². The molecule has 0 N–H and O–H groups in total. The van der Waals surface area contributed by atoms with Crippen LogP contribution in [0.3, 0.4) is 0 Å². The standard InChI is InChI=1S/C26H20/c1-5-13-21(14-6-1)25(22-15-7-2-8-16-22)26(23-17-9-3-10-18-23)24-19-11-4-12-20-24/h1-20H/q+1. The van der Waals surface area contributed by atoms with Crippen LogP contribution in [-0.2, 0) is 0 Å². The summed E-state index contributed by atoms with van der Waals surface area (Å²) in [6.07, 6.45) is 10.6. The first-order chi connectivity index (χ1) is 12.9. The van der Waals surface area contributed by atoms with Crippen molar-refractivity contribution in [1.82, 2.24) is 0 Å². The van der Waals surface area contributed by atoms with Crippen molar-refractivity contribution in [3.05, 3.63) is 144 Å². The molecule has 0 bridgehead atoms. The Morgan fingerprint density at radius 1 is 0.500 bits per heavy atom. The Morgan fingerprint density at radius 2 is 0.923 bits per heavy atom. The van der Waals surface area contributed by atoms with Crippen LogP contribution in [-0.4, -0.2) is 0 Å². The molecule has 0 unspecified atom stereocenters. The zero-order valence-electron chi connectivity index (χ0n) is 14.5.